The Labute approximate surface area is 147 Å². The minimum absolute atomic E-state index is 0.0393. The van der Waals surface area contributed by atoms with Crippen LogP contribution in [0, 0.1) is 0 Å². The Morgan fingerprint density at radius 1 is 1.20 bits per heavy atom. The lowest BCUT2D eigenvalue weighted by Gasteiger charge is -2.18. The van der Waals surface area contributed by atoms with Gasteiger partial charge in [-0.05, 0) is 38.0 Å². The smallest absolute Gasteiger partial charge is 0.251 e. The number of nitrogens with one attached hydrogen (secondary N) is 2. The predicted octanol–water partition coefficient (Wildman–Crippen LogP) is 0.346. The predicted molar refractivity (Wildman–Crippen MR) is 92.0 cm³/mol. The standard InChI is InChI=1S/C16H23N3O5S/c1-3-17-15(20)11-18-16(21)12-6-7-13(24-2)14(10-12)25(22,23)19-8-4-5-9-19/h6-7,10H,3-5,8-9,11H2,1-2H3,(H,17,20)(H,18,21). The monoisotopic (exact) mass is 369 g/mol. The molecule has 1 aliphatic rings. The van der Waals surface area contributed by atoms with Crippen LogP contribution in [0.4, 0.5) is 0 Å². The molecule has 0 saturated carbocycles. The van der Waals surface area contributed by atoms with Gasteiger partial charge in [-0.15, -0.1) is 0 Å². The van der Waals surface area contributed by atoms with E-state index in [9.17, 15) is 18.0 Å². The molecule has 0 aromatic heterocycles. The molecule has 0 unspecified atom stereocenters. The SMILES string of the molecule is CCNC(=O)CNC(=O)c1ccc(OC)c(S(=O)(=O)N2CCCC2)c1. The van der Waals surface area contributed by atoms with Gasteiger partial charge in [0.2, 0.25) is 15.9 Å². The molecule has 0 spiro atoms. The van der Waals surface area contributed by atoms with Crippen LogP contribution in [0.15, 0.2) is 23.1 Å². The third kappa shape index (κ3) is 4.49. The molecule has 2 rings (SSSR count). The van der Waals surface area contributed by atoms with Crippen molar-refractivity contribution < 1.29 is 22.7 Å². The van der Waals surface area contributed by atoms with E-state index in [4.69, 9.17) is 4.74 Å². The maximum Gasteiger partial charge on any atom is 0.251 e. The van der Waals surface area contributed by atoms with Crippen molar-refractivity contribution in [2.75, 3.05) is 33.3 Å². The normalized spacial score (nSPS) is 15.0. The summed E-state index contributed by atoms with van der Waals surface area (Å²) in [5.74, 6) is -0.645. The molecule has 25 heavy (non-hydrogen) atoms. The number of likely N-dealkylation sites (N-methyl/N-ethyl adjacent to an activating group) is 1. The fourth-order valence-electron chi connectivity index (χ4n) is 2.61. The van der Waals surface area contributed by atoms with E-state index < -0.39 is 15.9 Å². The minimum Gasteiger partial charge on any atom is -0.495 e. The van der Waals surface area contributed by atoms with Crippen LogP contribution in [0.25, 0.3) is 0 Å². The van der Waals surface area contributed by atoms with Crippen LogP contribution in [0.5, 0.6) is 5.75 Å². The fourth-order valence-corrected chi connectivity index (χ4v) is 4.31. The topological polar surface area (TPSA) is 105 Å². The van der Waals surface area contributed by atoms with Gasteiger partial charge in [0.1, 0.15) is 10.6 Å². The lowest BCUT2D eigenvalue weighted by Crippen LogP contribution is -2.36. The van der Waals surface area contributed by atoms with Crippen LogP contribution in [-0.2, 0) is 14.8 Å². The molecule has 0 radical (unpaired) electrons. The Bertz CT molecular complexity index is 742. The molecule has 1 heterocycles. The highest BCUT2D eigenvalue weighted by molar-refractivity contribution is 7.89. The summed E-state index contributed by atoms with van der Waals surface area (Å²) < 4.78 is 32.1. The molecule has 1 fully saturated rings. The van der Waals surface area contributed by atoms with E-state index in [0.717, 1.165) is 12.8 Å². The van der Waals surface area contributed by atoms with Gasteiger partial charge in [0, 0.05) is 25.2 Å². The quantitative estimate of drug-likeness (QED) is 0.721. The fraction of sp³-hybridized carbons (Fsp3) is 0.500. The molecule has 8 nitrogen and oxygen atoms in total. The molecule has 1 saturated heterocycles. The number of benzene rings is 1. The van der Waals surface area contributed by atoms with Crippen molar-refractivity contribution in [1.29, 1.82) is 0 Å². The first-order valence-electron chi connectivity index (χ1n) is 8.13. The Balaban J connectivity index is 2.24. The van der Waals surface area contributed by atoms with E-state index in [0.29, 0.717) is 19.6 Å². The Morgan fingerprint density at radius 2 is 1.88 bits per heavy atom. The molecule has 1 aromatic carbocycles. The summed E-state index contributed by atoms with van der Waals surface area (Å²) in [6, 6.07) is 4.21. The summed E-state index contributed by atoms with van der Waals surface area (Å²) in [4.78, 5) is 23.6. The van der Waals surface area contributed by atoms with Crippen LogP contribution in [0.1, 0.15) is 30.1 Å². The molecule has 2 amide bonds. The second-order valence-electron chi connectivity index (χ2n) is 5.61. The summed E-state index contributed by atoms with van der Waals surface area (Å²) in [5.41, 5.74) is 0.155. The maximum atomic E-state index is 12.8. The van der Waals surface area contributed by atoms with E-state index in [-0.39, 0.29) is 28.7 Å². The summed E-state index contributed by atoms with van der Waals surface area (Å²) in [6.07, 6.45) is 1.63. The number of carbonyl (C=O) groups is 2. The number of hydrogen-bond donors (Lipinski definition) is 2. The van der Waals surface area contributed by atoms with Crippen LogP contribution in [-0.4, -0.2) is 57.8 Å². The first kappa shape index (κ1) is 19.2. The highest BCUT2D eigenvalue weighted by Gasteiger charge is 2.30. The average molecular weight is 369 g/mol. The van der Waals surface area contributed by atoms with Crippen molar-refractivity contribution in [1.82, 2.24) is 14.9 Å². The largest absolute Gasteiger partial charge is 0.495 e. The molecule has 2 N–H and O–H groups in total. The van der Waals surface area contributed by atoms with Gasteiger partial charge in [0.05, 0.1) is 13.7 Å². The summed E-state index contributed by atoms with van der Waals surface area (Å²) >= 11 is 0. The van der Waals surface area contributed by atoms with Crippen LogP contribution >= 0.6 is 0 Å². The number of ether oxygens (including phenoxy) is 1. The first-order chi connectivity index (χ1) is 11.9. The number of rotatable bonds is 7. The lowest BCUT2D eigenvalue weighted by molar-refractivity contribution is -0.120. The van der Waals surface area contributed by atoms with E-state index in [2.05, 4.69) is 10.6 Å². The number of sulfonamides is 1. The molecule has 1 aromatic rings. The highest BCUT2D eigenvalue weighted by Crippen LogP contribution is 2.29. The summed E-state index contributed by atoms with van der Waals surface area (Å²) in [6.45, 7) is 2.99. The van der Waals surface area contributed by atoms with Gasteiger partial charge in [-0.2, -0.15) is 4.31 Å². The second-order valence-corrected chi connectivity index (χ2v) is 7.52. The maximum absolute atomic E-state index is 12.8. The van der Waals surface area contributed by atoms with Crippen LogP contribution in [0.2, 0.25) is 0 Å². The molecule has 138 valence electrons. The lowest BCUT2D eigenvalue weighted by atomic mass is 10.2. The zero-order valence-corrected chi connectivity index (χ0v) is 15.2. The third-order valence-electron chi connectivity index (χ3n) is 3.89. The van der Waals surface area contributed by atoms with Crippen molar-refractivity contribution in [2.45, 2.75) is 24.7 Å². The zero-order chi connectivity index (χ0) is 18.4. The Morgan fingerprint density at radius 3 is 2.48 bits per heavy atom. The van der Waals surface area contributed by atoms with Gasteiger partial charge in [-0.1, -0.05) is 0 Å². The van der Waals surface area contributed by atoms with Crippen molar-refractivity contribution in [3.05, 3.63) is 23.8 Å². The number of methoxy groups -OCH3 is 1. The van der Waals surface area contributed by atoms with E-state index >= 15 is 0 Å². The van der Waals surface area contributed by atoms with Crippen molar-refractivity contribution in [2.24, 2.45) is 0 Å². The van der Waals surface area contributed by atoms with Gasteiger partial charge >= 0.3 is 0 Å². The van der Waals surface area contributed by atoms with E-state index in [1.54, 1.807) is 6.92 Å². The Kier molecular flexibility index (Phi) is 6.38. The van der Waals surface area contributed by atoms with Gasteiger partial charge in [0.15, 0.2) is 0 Å². The van der Waals surface area contributed by atoms with Gasteiger partial charge < -0.3 is 15.4 Å². The molecule has 1 aliphatic heterocycles. The van der Waals surface area contributed by atoms with Crippen molar-refractivity contribution >= 4 is 21.8 Å². The number of hydrogen-bond acceptors (Lipinski definition) is 5. The molecular formula is C16H23N3O5S. The number of amides is 2. The Hall–Kier alpha value is -2.13. The molecule has 0 aliphatic carbocycles. The second kappa shape index (κ2) is 8.30. The van der Waals surface area contributed by atoms with Gasteiger partial charge in [-0.3, -0.25) is 9.59 Å². The summed E-state index contributed by atoms with van der Waals surface area (Å²) in [5, 5.41) is 5.04. The van der Waals surface area contributed by atoms with Crippen molar-refractivity contribution in [3.8, 4) is 5.75 Å². The third-order valence-corrected chi connectivity index (χ3v) is 5.81. The molecule has 9 heteroatoms. The van der Waals surface area contributed by atoms with Gasteiger partial charge in [0.25, 0.3) is 5.91 Å². The zero-order valence-electron chi connectivity index (χ0n) is 14.4. The van der Waals surface area contributed by atoms with E-state index in [1.165, 1.54) is 29.6 Å². The average Bonchev–Trinajstić information content (AvgIpc) is 3.15. The summed E-state index contributed by atoms with van der Waals surface area (Å²) in [7, 11) is -2.35. The molecular weight excluding hydrogens is 346 g/mol. The van der Waals surface area contributed by atoms with E-state index in [1.807, 2.05) is 0 Å². The van der Waals surface area contributed by atoms with Crippen LogP contribution in [0.3, 0.4) is 0 Å². The van der Waals surface area contributed by atoms with Gasteiger partial charge in [-0.25, -0.2) is 8.42 Å². The molecule has 0 atom stereocenters. The number of carbonyl (C=O) groups excluding carboxylic acids is 2. The van der Waals surface area contributed by atoms with Crippen molar-refractivity contribution in [3.63, 3.8) is 0 Å². The van der Waals surface area contributed by atoms with Crippen LogP contribution < -0.4 is 15.4 Å². The first-order valence-corrected chi connectivity index (χ1v) is 9.57. The number of nitrogens with zero attached hydrogens (tertiary/aromatic N) is 1. The molecule has 0 bridgehead atoms. The highest BCUT2D eigenvalue weighted by atomic mass is 32.2. The minimum atomic E-state index is -3.73.